The second kappa shape index (κ2) is 6.16. The summed E-state index contributed by atoms with van der Waals surface area (Å²) in [4.78, 5) is 21.4. The van der Waals surface area contributed by atoms with Gasteiger partial charge in [-0.1, -0.05) is 0 Å². The molecule has 2 atom stereocenters. The summed E-state index contributed by atoms with van der Waals surface area (Å²) in [7, 11) is 2.00. The van der Waals surface area contributed by atoms with Crippen molar-refractivity contribution in [3.63, 3.8) is 0 Å². The number of hydrogen-bond acceptors (Lipinski definition) is 6. The van der Waals surface area contributed by atoms with Gasteiger partial charge in [-0.2, -0.15) is 5.10 Å². The van der Waals surface area contributed by atoms with Crippen LogP contribution in [0.3, 0.4) is 0 Å². The summed E-state index contributed by atoms with van der Waals surface area (Å²) >= 11 is 0. The smallest absolute Gasteiger partial charge is 0.267 e. The molecule has 5 rings (SSSR count). The van der Waals surface area contributed by atoms with Gasteiger partial charge < -0.3 is 14.6 Å². The lowest BCUT2D eigenvalue weighted by Gasteiger charge is -2.21. The fraction of sp³-hybridized carbons (Fsp3) is 0.474. The Kier molecular flexibility index (Phi) is 3.75. The van der Waals surface area contributed by atoms with Gasteiger partial charge in [-0.25, -0.2) is 14.6 Å². The lowest BCUT2D eigenvalue weighted by atomic mass is 10.1. The van der Waals surface area contributed by atoms with E-state index in [2.05, 4.69) is 25.0 Å². The van der Waals surface area contributed by atoms with Crippen LogP contribution in [0, 0.1) is 6.92 Å². The van der Waals surface area contributed by atoms with Crippen molar-refractivity contribution in [3.8, 4) is 0 Å². The van der Waals surface area contributed by atoms with Crippen LogP contribution in [-0.2, 0) is 24.6 Å². The van der Waals surface area contributed by atoms with Crippen LogP contribution in [0.2, 0.25) is 0 Å². The van der Waals surface area contributed by atoms with Crippen molar-refractivity contribution in [2.75, 3.05) is 18.5 Å². The molecule has 0 saturated carbocycles. The van der Waals surface area contributed by atoms with Crippen LogP contribution < -0.4 is 10.9 Å². The zero-order valence-electron chi connectivity index (χ0n) is 15.5. The second-order valence-electron chi connectivity index (χ2n) is 7.41. The highest BCUT2D eigenvalue weighted by Gasteiger charge is 2.33. The molecule has 2 aliphatic rings. The maximum Gasteiger partial charge on any atom is 0.267 e. The minimum atomic E-state index is -0.158. The number of rotatable bonds is 3. The quantitative estimate of drug-likeness (QED) is 0.753. The van der Waals surface area contributed by atoms with Gasteiger partial charge >= 0.3 is 0 Å². The van der Waals surface area contributed by atoms with Crippen LogP contribution in [0.25, 0.3) is 11.0 Å². The Morgan fingerprint density at radius 1 is 1.22 bits per heavy atom. The molecule has 27 heavy (non-hydrogen) atoms. The molecule has 0 radical (unpaired) electrons. The normalized spacial score (nSPS) is 21.7. The van der Waals surface area contributed by atoms with E-state index in [0.29, 0.717) is 13.2 Å². The second-order valence-corrected chi connectivity index (χ2v) is 7.41. The molecular formula is C19H22N6O2. The van der Waals surface area contributed by atoms with E-state index in [1.807, 2.05) is 20.0 Å². The van der Waals surface area contributed by atoms with E-state index in [4.69, 9.17) is 4.74 Å². The fourth-order valence-corrected chi connectivity index (χ4v) is 4.16. The topological polar surface area (TPSA) is 86.9 Å². The molecule has 1 aliphatic heterocycles. The SMILES string of the molecule is Cc1cc2ncnc(NC3COCC3n3nc4c(cc3=O)CCC4)c2n1C. The standard InChI is InChI=1S/C19H22N6O2/c1-11-6-14-18(24(11)2)19(21-10-20-14)22-15-8-27-9-16(15)25-17(26)7-12-4-3-5-13(12)23-25/h6-7,10,15-16H,3-5,8-9H2,1-2H3,(H,20,21,22). The number of fused-ring (bicyclic) bond motifs is 2. The summed E-state index contributed by atoms with van der Waals surface area (Å²) in [5.74, 6) is 0.755. The highest BCUT2D eigenvalue weighted by atomic mass is 16.5. The van der Waals surface area contributed by atoms with Crippen molar-refractivity contribution in [1.29, 1.82) is 0 Å². The number of anilines is 1. The van der Waals surface area contributed by atoms with Crippen LogP contribution in [0.15, 0.2) is 23.3 Å². The Morgan fingerprint density at radius 2 is 2.11 bits per heavy atom. The van der Waals surface area contributed by atoms with Crippen molar-refractivity contribution >= 4 is 16.9 Å². The molecule has 0 amide bonds. The van der Waals surface area contributed by atoms with Crippen LogP contribution in [-0.4, -0.2) is 43.6 Å². The highest BCUT2D eigenvalue weighted by molar-refractivity contribution is 5.87. The number of nitrogens with zero attached hydrogens (tertiary/aromatic N) is 5. The number of nitrogens with one attached hydrogen (secondary N) is 1. The molecule has 0 spiro atoms. The fourth-order valence-electron chi connectivity index (χ4n) is 4.16. The van der Waals surface area contributed by atoms with Crippen LogP contribution >= 0.6 is 0 Å². The first-order chi connectivity index (χ1) is 13.1. The lowest BCUT2D eigenvalue weighted by molar-refractivity contribution is 0.182. The summed E-state index contributed by atoms with van der Waals surface area (Å²) in [5.41, 5.74) is 5.05. The molecule has 3 aromatic heterocycles. The summed E-state index contributed by atoms with van der Waals surface area (Å²) in [6.45, 7) is 3.01. The predicted octanol–water partition coefficient (Wildman–Crippen LogP) is 1.37. The molecule has 0 bridgehead atoms. The van der Waals surface area contributed by atoms with Crippen LogP contribution in [0.5, 0.6) is 0 Å². The van der Waals surface area contributed by atoms with Crippen molar-refractivity contribution in [2.45, 2.75) is 38.3 Å². The van der Waals surface area contributed by atoms with Gasteiger partial charge in [0.15, 0.2) is 5.82 Å². The zero-order valence-corrected chi connectivity index (χ0v) is 15.5. The van der Waals surface area contributed by atoms with Crippen molar-refractivity contribution in [1.82, 2.24) is 24.3 Å². The summed E-state index contributed by atoms with van der Waals surface area (Å²) in [6.07, 6.45) is 4.53. The molecule has 8 nitrogen and oxygen atoms in total. The molecular weight excluding hydrogens is 344 g/mol. The van der Waals surface area contributed by atoms with E-state index in [1.54, 1.807) is 17.1 Å². The third-order valence-corrected chi connectivity index (χ3v) is 5.73. The van der Waals surface area contributed by atoms with E-state index in [0.717, 1.165) is 53.1 Å². The summed E-state index contributed by atoms with van der Waals surface area (Å²) in [6, 6.07) is 3.55. The van der Waals surface area contributed by atoms with Gasteiger partial charge in [0.05, 0.1) is 30.5 Å². The van der Waals surface area contributed by atoms with Gasteiger partial charge in [0.25, 0.3) is 5.56 Å². The molecule has 8 heteroatoms. The molecule has 2 unspecified atom stereocenters. The number of ether oxygens (including phenoxy) is 1. The van der Waals surface area contributed by atoms with Crippen molar-refractivity contribution in [3.05, 3.63) is 45.8 Å². The Bertz CT molecular complexity index is 1090. The maximum atomic E-state index is 12.6. The zero-order chi connectivity index (χ0) is 18.5. The molecule has 140 valence electrons. The van der Waals surface area contributed by atoms with Crippen LogP contribution in [0.1, 0.15) is 29.4 Å². The van der Waals surface area contributed by atoms with E-state index < -0.39 is 0 Å². The molecule has 0 aromatic carbocycles. The van der Waals surface area contributed by atoms with Gasteiger partial charge in [-0.3, -0.25) is 4.79 Å². The van der Waals surface area contributed by atoms with E-state index >= 15 is 0 Å². The van der Waals surface area contributed by atoms with Crippen molar-refractivity contribution in [2.24, 2.45) is 7.05 Å². The van der Waals surface area contributed by atoms with E-state index in [9.17, 15) is 4.79 Å². The summed E-state index contributed by atoms with van der Waals surface area (Å²) in [5, 5.41) is 8.14. The first-order valence-electron chi connectivity index (χ1n) is 9.35. The molecule has 1 saturated heterocycles. The Labute approximate surface area is 156 Å². The van der Waals surface area contributed by atoms with Gasteiger partial charge in [0, 0.05) is 18.8 Å². The average Bonchev–Trinajstić information content (AvgIpc) is 3.35. The number of aromatic nitrogens is 5. The minimum absolute atomic E-state index is 0.0551. The lowest BCUT2D eigenvalue weighted by Crippen LogP contribution is -2.38. The first-order valence-corrected chi connectivity index (χ1v) is 9.35. The largest absolute Gasteiger partial charge is 0.377 e. The van der Waals surface area contributed by atoms with Crippen molar-refractivity contribution < 1.29 is 4.74 Å². The first kappa shape index (κ1) is 16.4. The maximum absolute atomic E-state index is 12.6. The molecule has 1 aliphatic carbocycles. The Balaban J connectivity index is 1.51. The monoisotopic (exact) mass is 366 g/mol. The molecule has 1 fully saturated rings. The Hall–Kier alpha value is -2.74. The summed E-state index contributed by atoms with van der Waals surface area (Å²) < 4.78 is 9.38. The highest BCUT2D eigenvalue weighted by Crippen LogP contribution is 2.27. The van der Waals surface area contributed by atoms with Gasteiger partial charge in [0.1, 0.15) is 17.9 Å². The van der Waals surface area contributed by atoms with Gasteiger partial charge in [-0.15, -0.1) is 0 Å². The van der Waals surface area contributed by atoms with Gasteiger partial charge in [-0.05, 0) is 37.8 Å². The third-order valence-electron chi connectivity index (χ3n) is 5.73. The van der Waals surface area contributed by atoms with E-state index in [1.165, 1.54) is 0 Å². The minimum Gasteiger partial charge on any atom is -0.377 e. The van der Waals surface area contributed by atoms with E-state index in [-0.39, 0.29) is 17.6 Å². The number of hydrogen-bond donors (Lipinski definition) is 1. The third kappa shape index (κ3) is 2.63. The molecule has 1 N–H and O–H groups in total. The molecule has 4 heterocycles. The Morgan fingerprint density at radius 3 is 3.00 bits per heavy atom. The number of aryl methyl sites for hydroxylation is 4. The van der Waals surface area contributed by atoms with Crippen LogP contribution in [0.4, 0.5) is 5.82 Å². The average molecular weight is 366 g/mol. The van der Waals surface area contributed by atoms with Gasteiger partial charge in [0.2, 0.25) is 0 Å². The molecule has 3 aromatic rings. The predicted molar refractivity (Wildman–Crippen MR) is 101 cm³/mol.